The Kier molecular flexibility index (Phi) is 5.03. The molecule has 1 fully saturated rings. The van der Waals surface area contributed by atoms with Gasteiger partial charge in [0.15, 0.2) is 0 Å². The van der Waals surface area contributed by atoms with Crippen LogP contribution in [0.5, 0.6) is 0 Å². The lowest BCUT2D eigenvalue weighted by molar-refractivity contribution is -0.116. The van der Waals surface area contributed by atoms with Gasteiger partial charge in [0, 0.05) is 36.2 Å². The van der Waals surface area contributed by atoms with Crippen LogP contribution in [-0.4, -0.2) is 41.1 Å². The Morgan fingerprint density at radius 2 is 2.30 bits per heavy atom. The van der Waals surface area contributed by atoms with Crippen LogP contribution >= 0.6 is 11.8 Å². The number of carbonyl (C=O) groups excluding carboxylic acids is 1. The first-order valence-electron chi connectivity index (χ1n) is 6.51. The van der Waals surface area contributed by atoms with Gasteiger partial charge in [0.2, 0.25) is 5.91 Å². The molecule has 2 rings (SSSR count). The van der Waals surface area contributed by atoms with E-state index in [0.717, 1.165) is 18.1 Å². The van der Waals surface area contributed by atoms with Crippen LogP contribution in [0.3, 0.4) is 0 Å². The molecule has 0 radical (unpaired) electrons. The molecule has 6 heteroatoms. The second kappa shape index (κ2) is 6.76. The van der Waals surface area contributed by atoms with Crippen molar-refractivity contribution in [3.05, 3.63) is 29.3 Å². The molecule has 1 aromatic rings. The molecule has 1 aliphatic heterocycles. The summed E-state index contributed by atoms with van der Waals surface area (Å²) in [6, 6.07) is 5.12. The highest BCUT2D eigenvalue weighted by molar-refractivity contribution is 7.99. The Morgan fingerprint density at radius 1 is 1.50 bits per heavy atom. The van der Waals surface area contributed by atoms with Crippen LogP contribution in [0.25, 0.3) is 0 Å². The number of benzene rings is 1. The molecule has 0 saturated carbocycles. The SMILES string of the molecule is Cc1ccc(NC(=O)CC2CSCCN2)cc1C(=O)O. The first-order chi connectivity index (χ1) is 9.56. The van der Waals surface area contributed by atoms with Gasteiger partial charge in [-0.1, -0.05) is 6.07 Å². The molecule has 5 nitrogen and oxygen atoms in total. The number of nitrogens with one attached hydrogen (secondary N) is 2. The summed E-state index contributed by atoms with van der Waals surface area (Å²) in [7, 11) is 0. The number of thioether (sulfide) groups is 1. The predicted molar refractivity (Wildman–Crippen MR) is 80.5 cm³/mol. The fourth-order valence-corrected chi connectivity index (χ4v) is 3.07. The van der Waals surface area contributed by atoms with Gasteiger partial charge in [0.25, 0.3) is 0 Å². The molecule has 0 aromatic heterocycles. The predicted octanol–water partition coefficient (Wildman–Crippen LogP) is 1.73. The first-order valence-corrected chi connectivity index (χ1v) is 7.66. The third kappa shape index (κ3) is 3.98. The van der Waals surface area contributed by atoms with Crippen molar-refractivity contribution in [1.82, 2.24) is 5.32 Å². The van der Waals surface area contributed by atoms with Crippen LogP contribution in [0.15, 0.2) is 18.2 Å². The van der Waals surface area contributed by atoms with Gasteiger partial charge in [-0.3, -0.25) is 4.79 Å². The zero-order chi connectivity index (χ0) is 14.5. The summed E-state index contributed by atoms with van der Waals surface area (Å²) in [5.74, 6) is 0.939. The molecule has 20 heavy (non-hydrogen) atoms. The minimum absolute atomic E-state index is 0.0924. The van der Waals surface area contributed by atoms with Crippen molar-refractivity contribution in [2.45, 2.75) is 19.4 Å². The second-order valence-electron chi connectivity index (χ2n) is 4.81. The van der Waals surface area contributed by atoms with Crippen molar-refractivity contribution < 1.29 is 14.7 Å². The maximum absolute atomic E-state index is 11.9. The Morgan fingerprint density at radius 3 is 2.95 bits per heavy atom. The zero-order valence-electron chi connectivity index (χ0n) is 11.3. The molecule has 1 amide bonds. The topological polar surface area (TPSA) is 78.4 Å². The fraction of sp³-hybridized carbons (Fsp3) is 0.429. The minimum atomic E-state index is -0.982. The van der Waals surface area contributed by atoms with E-state index in [-0.39, 0.29) is 17.5 Å². The van der Waals surface area contributed by atoms with Gasteiger partial charge in [0.1, 0.15) is 0 Å². The quantitative estimate of drug-likeness (QED) is 0.788. The number of aryl methyl sites for hydroxylation is 1. The number of aromatic carboxylic acids is 1. The van der Waals surface area contributed by atoms with Gasteiger partial charge < -0.3 is 15.7 Å². The third-order valence-corrected chi connectivity index (χ3v) is 4.31. The van der Waals surface area contributed by atoms with Crippen molar-refractivity contribution in [1.29, 1.82) is 0 Å². The Balaban J connectivity index is 1.96. The fourth-order valence-electron chi connectivity index (χ4n) is 2.12. The number of carbonyl (C=O) groups is 2. The molecule has 3 N–H and O–H groups in total. The van der Waals surface area contributed by atoms with E-state index in [1.165, 1.54) is 6.07 Å². The normalized spacial score (nSPS) is 18.6. The standard InChI is InChI=1S/C14H18N2O3S/c1-9-2-3-10(6-12(9)14(18)19)16-13(17)7-11-8-20-5-4-15-11/h2-3,6,11,15H,4-5,7-8H2,1H3,(H,16,17)(H,18,19). The van der Waals surface area contributed by atoms with Crippen molar-refractivity contribution in [3.63, 3.8) is 0 Å². The van der Waals surface area contributed by atoms with E-state index in [1.54, 1.807) is 19.1 Å². The number of anilines is 1. The summed E-state index contributed by atoms with van der Waals surface area (Å²) >= 11 is 1.84. The van der Waals surface area contributed by atoms with Crippen LogP contribution in [-0.2, 0) is 4.79 Å². The van der Waals surface area contributed by atoms with Gasteiger partial charge in [-0.15, -0.1) is 0 Å². The largest absolute Gasteiger partial charge is 0.478 e. The maximum atomic E-state index is 11.9. The van der Waals surface area contributed by atoms with E-state index in [0.29, 0.717) is 17.7 Å². The summed E-state index contributed by atoms with van der Waals surface area (Å²) in [5.41, 5.74) is 1.43. The number of hydrogen-bond acceptors (Lipinski definition) is 4. The summed E-state index contributed by atoms with van der Waals surface area (Å²) in [4.78, 5) is 23.0. The van der Waals surface area contributed by atoms with Crippen LogP contribution in [0, 0.1) is 6.92 Å². The minimum Gasteiger partial charge on any atom is -0.478 e. The van der Waals surface area contributed by atoms with Crippen LogP contribution in [0.4, 0.5) is 5.69 Å². The van der Waals surface area contributed by atoms with Gasteiger partial charge in [-0.2, -0.15) is 11.8 Å². The smallest absolute Gasteiger partial charge is 0.336 e. The van der Waals surface area contributed by atoms with E-state index in [1.807, 2.05) is 11.8 Å². The highest BCUT2D eigenvalue weighted by Crippen LogP contribution is 2.16. The molecule has 0 spiro atoms. The van der Waals surface area contributed by atoms with Crippen molar-refractivity contribution in [2.75, 3.05) is 23.4 Å². The van der Waals surface area contributed by atoms with Gasteiger partial charge >= 0.3 is 5.97 Å². The number of amides is 1. The summed E-state index contributed by atoms with van der Waals surface area (Å²) < 4.78 is 0. The highest BCUT2D eigenvalue weighted by Gasteiger charge is 2.17. The van der Waals surface area contributed by atoms with Crippen LogP contribution in [0.2, 0.25) is 0 Å². The monoisotopic (exact) mass is 294 g/mol. The molecular formula is C14H18N2O3S. The number of rotatable bonds is 4. The lowest BCUT2D eigenvalue weighted by Gasteiger charge is -2.22. The molecule has 1 aliphatic rings. The van der Waals surface area contributed by atoms with Crippen LogP contribution < -0.4 is 10.6 Å². The first kappa shape index (κ1) is 14.9. The van der Waals surface area contributed by atoms with E-state index in [4.69, 9.17) is 5.11 Å². The van der Waals surface area contributed by atoms with Gasteiger partial charge in [-0.25, -0.2) is 4.79 Å². The molecule has 0 aliphatic carbocycles. The lowest BCUT2D eigenvalue weighted by Crippen LogP contribution is -2.39. The molecule has 1 aromatic carbocycles. The van der Waals surface area contributed by atoms with Crippen LogP contribution in [0.1, 0.15) is 22.3 Å². The van der Waals surface area contributed by atoms with E-state index in [2.05, 4.69) is 10.6 Å². The molecule has 1 unspecified atom stereocenters. The zero-order valence-corrected chi connectivity index (χ0v) is 12.1. The van der Waals surface area contributed by atoms with E-state index in [9.17, 15) is 9.59 Å². The maximum Gasteiger partial charge on any atom is 0.336 e. The Labute approximate surface area is 122 Å². The molecule has 1 heterocycles. The number of carboxylic acid groups (broad SMARTS) is 1. The number of carboxylic acids is 1. The van der Waals surface area contributed by atoms with Crippen molar-refractivity contribution in [3.8, 4) is 0 Å². The van der Waals surface area contributed by atoms with E-state index < -0.39 is 5.97 Å². The summed E-state index contributed by atoms with van der Waals surface area (Å²) in [5, 5.41) is 15.1. The summed E-state index contributed by atoms with van der Waals surface area (Å²) in [6.45, 7) is 2.66. The number of hydrogen-bond donors (Lipinski definition) is 3. The van der Waals surface area contributed by atoms with Crippen molar-refractivity contribution in [2.24, 2.45) is 0 Å². The molecular weight excluding hydrogens is 276 g/mol. The van der Waals surface area contributed by atoms with E-state index >= 15 is 0 Å². The molecule has 1 saturated heterocycles. The van der Waals surface area contributed by atoms with Gasteiger partial charge in [0.05, 0.1) is 5.56 Å². The Bertz CT molecular complexity index is 513. The second-order valence-corrected chi connectivity index (χ2v) is 5.96. The molecule has 108 valence electrons. The average Bonchev–Trinajstić information content (AvgIpc) is 2.41. The highest BCUT2D eigenvalue weighted by atomic mass is 32.2. The molecule has 1 atom stereocenters. The lowest BCUT2D eigenvalue weighted by atomic mass is 10.1. The Hall–Kier alpha value is -1.53. The third-order valence-electron chi connectivity index (χ3n) is 3.18. The van der Waals surface area contributed by atoms with Gasteiger partial charge in [-0.05, 0) is 24.6 Å². The molecule has 0 bridgehead atoms. The average molecular weight is 294 g/mol. The summed E-state index contributed by atoms with van der Waals surface area (Å²) in [6.07, 6.45) is 0.406. The van der Waals surface area contributed by atoms with Crippen molar-refractivity contribution >= 4 is 29.3 Å².